The van der Waals surface area contributed by atoms with Gasteiger partial charge in [-0.15, -0.1) is 0 Å². The topological polar surface area (TPSA) is 59.1 Å². The van der Waals surface area contributed by atoms with Crippen molar-refractivity contribution in [1.29, 1.82) is 0 Å². The number of carbonyl (C=O) groups excluding carboxylic acids is 2. The van der Waals surface area contributed by atoms with Gasteiger partial charge in [0.1, 0.15) is 0 Å². The molecule has 0 saturated carbocycles. The third-order valence-corrected chi connectivity index (χ3v) is 4.53. The van der Waals surface area contributed by atoms with E-state index in [9.17, 15) is 9.59 Å². The molecule has 2 amide bonds. The second kappa shape index (κ2) is 8.38. The average molecular weight is 438 g/mol. The van der Waals surface area contributed by atoms with Crippen molar-refractivity contribution in [3.63, 3.8) is 0 Å². The summed E-state index contributed by atoms with van der Waals surface area (Å²) < 4.78 is 12.5. The number of ether oxygens (including phenoxy) is 2. The maximum Gasteiger partial charge on any atom is 0.259 e. The smallest absolute Gasteiger partial charge is 0.259 e. The molecule has 6 nitrogen and oxygen atoms in total. The van der Waals surface area contributed by atoms with Crippen LogP contribution in [0.2, 0.25) is 0 Å². The lowest BCUT2D eigenvalue weighted by Gasteiger charge is -2.16. The first-order valence-corrected chi connectivity index (χ1v) is 7.96. The van der Waals surface area contributed by atoms with Crippen LogP contribution in [0, 0.1) is 0 Å². The van der Waals surface area contributed by atoms with Gasteiger partial charge >= 0.3 is 0 Å². The summed E-state index contributed by atoms with van der Waals surface area (Å²) in [6.45, 7) is -0.224. The zero-order valence-corrected chi connectivity index (χ0v) is 16.0. The van der Waals surface area contributed by atoms with Crippen LogP contribution in [-0.4, -0.2) is 63.0 Å². The molecular weight excluding hydrogens is 420 g/mol. The van der Waals surface area contributed by atoms with Gasteiger partial charge in [0, 0.05) is 37.1 Å². The second-order valence-corrected chi connectivity index (χ2v) is 6.58. The van der Waals surface area contributed by atoms with E-state index >= 15 is 0 Å². The predicted molar refractivity (Wildman–Crippen MR) is 90.2 cm³/mol. The van der Waals surface area contributed by atoms with Gasteiger partial charge in [-0.25, -0.2) is 0 Å². The Morgan fingerprint density at radius 1 is 0.864 bits per heavy atom. The molecule has 22 heavy (non-hydrogen) atoms. The van der Waals surface area contributed by atoms with Crippen LogP contribution in [0.5, 0.6) is 11.5 Å². The minimum atomic E-state index is -0.172. The van der Waals surface area contributed by atoms with E-state index in [-0.39, 0.29) is 25.0 Å². The molecule has 0 aliphatic rings. The number of carbonyl (C=O) groups is 2. The lowest BCUT2D eigenvalue weighted by Crippen LogP contribution is -2.28. The van der Waals surface area contributed by atoms with Gasteiger partial charge in [-0.1, -0.05) is 0 Å². The highest BCUT2D eigenvalue weighted by Crippen LogP contribution is 2.36. The summed E-state index contributed by atoms with van der Waals surface area (Å²) >= 11 is 6.73. The fourth-order valence-corrected chi connectivity index (χ4v) is 1.92. The number of hydrogen-bond donors (Lipinski definition) is 0. The molecule has 0 atom stereocenters. The van der Waals surface area contributed by atoms with Gasteiger partial charge in [-0.3, -0.25) is 9.59 Å². The number of nitrogens with zero attached hydrogens (tertiary/aromatic N) is 2. The standard InChI is InChI=1S/C14H18Br2N2O4/c1-17(2)13(19)7-21-11-5-9(15)10(16)6-12(11)22-8-14(20)18(3)4/h5-6H,7-8H2,1-4H3. The molecule has 0 aliphatic heterocycles. The second-order valence-electron chi connectivity index (χ2n) is 4.87. The quantitative estimate of drug-likeness (QED) is 0.684. The first-order valence-electron chi connectivity index (χ1n) is 6.37. The Hall–Kier alpha value is -1.28. The van der Waals surface area contributed by atoms with Crippen LogP contribution >= 0.6 is 31.9 Å². The molecule has 0 fully saturated rings. The van der Waals surface area contributed by atoms with Crippen molar-refractivity contribution in [2.45, 2.75) is 0 Å². The van der Waals surface area contributed by atoms with Gasteiger partial charge in [-0.2, -0.15) is 0 Å². The van der Waals surface area contributed by atoms with Gasteiger partial charge in [0.25, 0.3) is 11.8 Å². The number of likely N-dealkylation sites (N-methyl/N-ethyl adjacent to an activating group) is 2. The van der Waals surface area contributed by atoms with Gasteiger partial charge < -0.3 is 19.3 Å². The van der Waals surface area contributed by atoms with E-state index in [0.717, 1.165) is 8.95 Å². The van der Waals surface area contributed by atoms with Gasteiger partial charge in [0.05, 0.1) is 0 Å². The Bertz CT molecular complexity index is 513. The molecule has 1 rings (SSSR count). The molecule has 0 bridgehead atoms. The van der Waals surface area contributed by atoms with Crippen molar-refractivity contribution >= 4 is 43.7 Å². The number of rotatable bonds is 6. The summed E-state index contributed by atoms with van der Waals surface area (Å²) in [4.78, 5) is 26.1. The monoisotopic (exact) mass is 436 g/mol. The highest BCUT2D eigenvalue weighted by Gasteiger charge is 2.14. The lowest BCUT2D eigenvalue weighted by molar-refractivity contribution is -0.132. The molecule has 0 saturated heterocycles. The van der Waals surface area contributed by atoms with E-state index in [2.05, 4.69) is 31.9 Å². The molecule has 0 unspecified atom stereocenters. The van der Waals surface area contributed by atoms with Crippen LogP contribution in [0.3, 0.4) is 0 Å². The van der Waals surface area contributed by atoms with Gasteiger partial charge in [0.15, 0.2) is 24.7 Å². The fraction of sp³-hybridized carbons (Fsp3) is 0.429. The molecule has 0 aliphatic carbocycles. The first kappa shape index (κ1) is 18.8. The van der Waals surface area contributed by atoms with Crippen LogP contribution in [0.25, 0.3) is 0 Å². The molecule has 1 aromatic carbocycles. The summed E-state index contributed by atoms with van der Waals surface area (Å²) in [5.41, 5.74) is 0. The van der Waals surface area contributed by atoms with Crippen LogP contribution in [0.4, 0.5) is 0 Å². The highest BCUT2D eigenvalue weighted by atomic mass is 79.9. The van der Waals surface area contributed by atoms with Crippen molar-refractivity contribution in [1.82, 2.24) is 9.80 Å². The Balaban J connectivity index is 2.87. The van der Waals surface area contributed by atoms with Gasteiger partial charge in [-0.05, 0) is 44.0 Å². The minimum absolute atomic E-state index is 0.112. The molecule has 0 aromatic heterocycles. The van der Waals surface area contributed by atoms with E-state index in [1.165, 1.54) is 9.80 Å². The number of hydrogen-bond acceptors (Lipinski definition) is 4. The third-order valence-electron chi connectivity index (χ3n) is 2.69. The minimum Gasteiger partial charge on any atom is -0.480 e. The van der Waals surface area contributed by atoms with Crippen LogP contribution < -0.4 is 9.47 Å². The Morgan fingerprint density at radius 2 is 1.18 bits per heavy atom. The number of halogens is 2. The Labute approximate surface area is 146 Å². The third kappa shape index (κ3) is 5.49. The largest absolute Gasteiger partial charge is 0.480 e. The van der Waals surface area contributed by atoms with Crippen molar-refractivity contribution in [2.24, 2.45) is 0 Å². The van der Waals surface area contributed by atoms with Gasteiger partial charge in [0.2, 0.25) is 0 Å². The van der Waals surface area contributed by atoms with Crippen molar-refractivity contribution < 1.29 is 19.1 Å². The summed E-state index contributed by atoms with van der Waals surface area (Å²) in [5, 5.41) is 0. The van der Waals surface area contributed by atoms with Crippen molar-refractivity contribution in [3.05, 3.63) is 21.1 Å². The lowest BCUT2D eigenvalue weighted by atomic mass is 10.3. The molecule has 1 aromatic rings. The molecule has 8 heteroatoms. The average Bonchev–Trinajstić information content (AvgIpc) is 2.45. The SMILES string of the molecule is CN(C)C(=O)COc1cc(Br)c(Br)cc1OCC(=O)N(C)C. The zero-order valence-electron chi connectivity index (χ0n) is 12.9. The van der Waals surface area contributed by atoms with E-state index in [1.807, 2.05) is 0 Å². The maximum atomic E-state index is 11.6. The molecule has 0 heterocycles. The molecule has 0 N–H and O–H groups in total. The first-order chi connectivity index (χ1) is 10.2. The van der Waals surface area contributed by atoms with Crippen molar-refractivity contribution in [3.8, 4) is 11.5 Å². The van der Waals surface area contributed by atoms with E-state index in [4.69, 9.17) is 9.47 Å². The molecule has 0 radical (unpaired) electrons. The van der Waals surface area contributed by atoms with E-state index in [0.29, 0.717) is 11.5 Å². The summed E-state index contributed by atoms with van der Waals surface area (Å²) in [6.07, 6.45) is 0. The zero-order chi connectivity index (χ0) is 16.9. The van der Waals surface area contributed by atoms with Crippen molar-refractivity contribution in [2.75, 3.05) is 41.4 Å². The molecular formula is C14H18Br2N2O4. The molecule has 0 spiro atoms. The summed E-state index contributed by atoms with van der Waals surface area (Å²) in [7, 11) is 6.60. The summed E-state index contributed by atoms with van der Waals surface area (Å²) in [5.74, 6) is 0.428. The van der Waals surface area contributed by atoms with E-state index < -0.39 is 0 Å². The Morgan fingerprint density at radius 3 is 1.45 bits per heavy atom. The predicted octanol–water partition coefficient (Wildman–Crippen LogP) is 2.15. The normalized spacial score (nSPS) is 10.1. The van der Waals surface area contributed by atoms with E-state index in [1.54, 1.807) is 40.3 Å². The van der Waals surface area contributed by atoms with Crippen LogP contribution in [0.15, 0.2) is 21.1 Å². The molecule has 122 valence electrons. The number of benzene rings is 1. The summed E-state index contributed by atoms with van der Waals surface area (Å²) in [6, 6.07) is 3.37. The Kier molecular flexibility index (Phi) is 7.15. The fourth-order valence-electron chi connectivity index (χ4n) is 1.27. The highest BCUT2D eigenvalue weighted by molar-refractivity contribution is 9.13. The maximum absolute atomic E-state index is 11.6. The van der Waals surface area contributed by atoms with Crippen LogP contribution in [-0.2, 0) is 9.59 Å². The van der Waals surface area contributed by atoms with Crippen LogP contribution in [0.1, 0.15) is 0 Å². The number of amides is 2.